The number of cyclic esters (lactones) is 1. The Morgan fingerprint density at radius 3 is 2.88 bits per heavy atom. The smallest absolute Gasteiger partial charge is 0.306 e. The van der Waals surface area contributed by atoms with E-state index in [2.05, 4.69) is 31.3 Å². The SMILES string of the molecule is Cc1ccc(NC(=O)[C@@H]2CCC(=O)O2)cc1S(=O)(=O)N(C)N=Cc1cnc2ccc(Br)cn12. The van der Waals surface area contributed by atoms with E-state index in [0.29, 0.717) is 23.3 Å². The molecule has 0 saturated carbocycles. The van der Waals surface area contributed by atoms with E-state index in [-0.39, 0.29) is 17.0 Å². The predicted octanol–water partition coefficient (Wildman–Crippen LogP) is 2.70. The van der Waals surface area contributed by atoms with E-state index in [1.807, 2.05) is 12.1 Å². The van der Waals surface area contributed by atoms with Crippen molar-refractivity contribution < 1.29 is 22.7 Å². The molecule has 1 amide bonds. The van der Waals surface area contributed by atoms with E-state index in [1.165, 1.54) is 19.3 Å². The number of rotatable bonds is 6. The highest BCUT2D eigenvalue weighted by Crippen LogP contribution is 2.24. The van der Waals surface area contributed by atoms with E-state index in [1.54, 1.807) is 35.9 Å². The van der Waals surface area contributed by atoms with Gasteiger partial charge in [0.05, 0.1) is 23.0 Å². The van der Waals surface area contributed by atoms with Crippen LogP contribution in [0, 0.1) is 6.92 Å². The van der Waals surface area contributed by atoms with E-state index < -0.39 is 28.0 Å². The number of ether oxygens (including phenoxy) is 1. The fourth-order valence-corrected chi connectivity index (χ4v) is 4.85. The molecule has 0 bridgehead atoms. The summed E-state index contributed by atoms with van der Waals surface area (Å²) in [6, 6.07) is 8.20. The molecule has 1 atom stereocenters. The Kier molecular flexibility index (Phi) is 6.21. The summed E-state index contributed by atoms with van der Waals surface area (Å²) in [6.07, 6.45) is 4.38. The van der Waals surface area contributed by atoms with Crippen molar-refractivity contribution in [2.45, 2.75) is 30.8 Å². The van der Waals surface area contributed by atoms with Crippen LogP contribution < -0.4 is 5.32 Å². The highest BCUT2D eigenvalue weighted by molar-refractivity contribution is 9.10. The standard InChI is InChI=1S/C21H20BrN5O5S/c1-13-3-5-15(25-21(29)17-6-8-20(28)32-17)9-18(13)33(30,31)26(2)24-11-16-10-23-19-7-4-14(22)12-27(16)19/h3-5,7,9-12,17H,6,8H2,1-2H3,(H,25,29)/t17-/m0/s1. The van der Waals surface area contributed by atoms with Gasteiger partial charge in [0, 0.05) is 36.2 Å². The van der Waals surface area contributed by atoms with Gasteiger partial charge in [0.15, 0.2) is 6.10 Å². The largest absolute Gasteiger partial charge is 0.452 e. The molecule has 1 fully saturated rings. The van der Waals surface area contributed by atoms with Crippen LogP contribution >= 0.6 is 15.9 Å². The van der Waals surface area contributed by atoms with Gasteiger partial charge < -0.3 is 10.1 Å². The summed E-state index contributed by atoms with van der Waals surface area (Å²) in [5, 5.41) is 6.71. The molecular formula is C21H20BrN5O5S. The van der Waals surface area contributed by atoms with Gasteiger partial charge in [-0.1, -0.05) is 6.07 Å². The summed E-state index contributed by atoms with van der Waals surface area (Å²) in [4.78, 5) is 27.8. The van der Waals surface area contributed by atoms with Crippen molar-refractivity contribution in [1.29, 1.82) is 0 Å². The fraction of sp³-hybridized carbons (Fsp3) is 0.238. The Morgan fingerprint density at radius 2 is 2.15 bits per heavy atom. The molecule has 1 N–H and O–H groups in total. The first-order chi connectivity index (χ1) is 15.6. The molecule has 12 heteroatoms. The van der Waals surface area contributed by atoms with Gasteiger partial charge in [0.25, 0.3) is 15.9 Å². The van der Waals surface area contributed by atoms with E-state index in [4.69, 9.17) is 4.74 Å². The minimum Gasteiger partial charge on any atom is -0.452 e. The lowest BCUT2D eigenvalue weighted by molar-refractivity contribution is -0.146. The first kappa shape index (κ1) is 22.9. The number of aryl methyl sites for hydroxylation is 1. The first-order valence-electron chi connectivity index (χ1n) is 9.91. The number of aromatic nitrogens is 2. The highest BCUT2D eigenvalue weighted by atomic mass is 79.9. The van der Waals surface area contributed by atoms with Crippen LogP contribution in [-0.2, 0) is 24.3 Å². The maximum atomic E-state index is 13.2. The van der Waals surface area contributed by atoms with Crippen LogP contribution in [0.5, 0.6) is 0 Å². The molecule has 3 heterocycles. The molecular weight excluding hydrogens is 514 g/mol. The second kappa shape index (κ2) is 8.94. The van der Waals surface area contributed by atoms with Crippen LogP contribution in [-0.4, -0.2) is 53.5 Å². The number of carbonyl (C=O) groups is 2. The maximum Gasteiger partial charge on any atom is 0.306 e. The van der Waals surface area contributed by atoms with Crippen molar-refractivity contribution in [2.24, 2.45) is 5.10 Å². The molecule has 0 unspecified atom stereocenters. The predicted molar refractivity (Wildman–Crippen MR) is 124 cm³/mol. The van der Waals surface area contributed by atoms with Crippen LogP contribution in [0.3, 0.4) is 0 Å². The van der Waals surface area contributed by atoms with Crippen LogP contribution in [0.1, 0.15) is 24.1 Å². The monoisotopic (exact) mass is 533 g/mol. The number of nitrogens with zero attached hydrogens (tertiary/aromatic N) is 4. The van der Waals surface area contributed by atoms with E-state index in [9.17, 15) is 18.0 Å². The number of anilines is 1. The number of imidazole rings is 1. The number of benzene rings is 1. The van der Waals surface area contributed by atoms with Crippen LogP contribution in [0.4, 0.5) is 5.69 Å². The highest BCUT2D eigenvalue weighted by Gasteiger charge is 2.30. The maximum absolute atomic E-state index is 13.2. The zero-order valence-electron chi connectivity index (χ0n) is 17.7. The number of nitrogens with one attached hydrogen (secondary N) is 1. The molecule has 3 aromatic rings. The Balaban J connectivity index is 1.56. The summed E-state index contributed by atoms with van der Waals surface area (Å²) in [5.41, 5.74) is 2.05. The van der Waals surface area contributed by atoms with Gasteiger partial charge in [-0.15, -0.1) is 0 Å². The molecule has 10 nitrogen and oxygen atoms in total. The van der Waals surface area contributed by atoms with Gasteiger partial charge in [-0.2, -0.15) is 17.9 Å². The summed E-state index contributed by atoms with van der Waals surface area (Å²) in [6.45, 7) is 1.65. The quantitative estimate of drug-likeness (QED) is 0.295. The number of pyridine rings is 1. The number of hydrazone groups is 1. The third kappa shape index (κ3) is 4.76. The zero-order valence-corrected chi connectivity index (χ0v) is 20.1. The zero-order chi connectivity index (χ0) is 23.8. The number of sulfonamides is 1. The second-order valence-corrected chi connectivity index (χ2v) is 10.3. The number of hydrogen-bond acceptors (Lipinski definition) is 7. The molecule has 4 rings (SSSR count). The van der Waals surface area contributed by atoms with Gasteiger partial charge in [-0.3, -0.25) is 14.0 Å². The number of fused-ring (bicyclic) bond motifs is 1. The van der Waals surface area contributed by atoms with Gasteiger partial charge in [0.2, 0.25) is 0 Å². The summed E-state index contributed by atoms with van der Waals surface area (Å²) < 4.78 is 34.8. The molecule has 0 spiro atoms. The average Bonchev–Trinajstić information content (AvgIpc) is 3.39. The van der Waals surface area contributed by atoms with Crippen molar-refractivity contribution in [3.05, 3.63) is 58.5 Å². The summed E-state index contributed by atoms with van der Waals surface area (Å²) in [5.74, 6) is -0.932. The Morgan fingerprint density at radius 1 is 1.36 bits per heavy atom. The van der Waals surface area contributed by atoms with Crippen molar-refractivity contribution in [2.75, 3.05) is 12.4 Å². The summed E-state index contributed by atoms with van der Waals surface area (Å²) in [7, 11) is -2.68. The molecule has 0 aliphatic carbocycles. The number of halogens is 1. The van der Waals surface area contributed by atoms with Crippen molar-refractivity contribution in [3.63, 3.8) is 0 Å². The molecule has 2 aromatic heterocycles. The molecule has 172 valence electrons. The van der Waals surface area contributed by atoms with E-state index in [0.717, 1.165) is 8.89 Å². The summed E-state index contributed by atoms with van der Waals surface area (Å²) >= 11 is 3.40. The van der Waals surface area contributed by atoms with Crippen molar-refractivity contribution in [3.8, 4) is 0 Å². The van der Waals surface area contributed by atoms with Crippen LogP contribution in [0.25, 0.3) is 5.65 Å². The van der Waals surface area contributed by atoms with Gasteiger partial charge in [-0.05, 0) is 52.7 Å². The Labute approximate surface area is 198 Å². The van der Waals surface area contributed by atoms with Crippen LogP contribution in [0.2, 0.25) is 0 Å². The molecule has 1 aromatic carbocycles. The van der Waals surface area contributed by atoms with E-state index >= 15 is 0 Å². The van der Waals surface area contributed by atoms with Crippen LogP contribution in [0.15, 0.2) is 57.2 Å². The van der Waals surface area contributed by atoms with Gasteiger partial charge >= 0.3 is 5.97 Å². The lowest BCUT2D eigenvalue weighted by Gasteiger charge is -2.17. The third-order valence-electron chi connectivity index (χ3n) is 5.11. The molecule has 1 saturated heterocycles. The Bertz CT molecular complexity index is 1380. The second-order valence-electron chi connectivity index (χ2n) is 7.43. The number of hydrogen-bond donors (Lipinski definition) is 1. The number of esters is 1. The lowest BCUT2D eigenvalue weighted by Crippen LogP contribution is -2.28. The van der Waals surface area contributed by atoms with Crippen molar-refractivity contribution in [1.82, 2.24) is 13.8 Å². The first-order valence-corrected chi connectivity index (χ1v) is 12.1. The third-order valence-corrected chi connectivity index (χ3v) is 7.36. The molecule has 0 radical (unpaired) electrons. The number of amides is 1. The normalized spacial score (nSPS) is 16.3. The molecule has 33 heavy (non-hydrogen) atoms. The topological polar surface area (TPSA) is 122 Å². The fourth-order valence-electron chi connectivity index (χ4n) is 3.30. The van der Waals surface area contributed by atoms with Gasteiger partial charge in [-0.25, -0.2) is 4.98 Å². The lowest BCUT2D eigenvalue weighted by atomic mass is 10.2. The minimum atomic E-state index is -4.01. The van der Waals surface area contributed by atoms with Gasteiger partial charge in [0.1, 0.15) is 5.65 Å². The van der Waals surface area contributed by atoms with Crippen molar-refractivity contribution >= 4 is 55.4 Å². The molecule has 1 aliphatic heterocycles. The minimum absolute atomic E-state index is 0.00995. The average molecular weight is 534 g/mol. The Hall–Kier alpha value is -3.25. The number of carbonyl (C=O) groups excluding carboxylic acids is 2. The molecule has 1 aliphatic rings.